The molecule has 0 aliphatic carbocycles. The summed E-state index contributed by atoms with van der Waals surface area (Å²) in [7, 11) is -3.29. The van der Waals surface area contributed by atoms with E-state index in [2.05, 4.69) is 10.6 Å². The number of piperidine rings is 1. The van der Waals surface area contributed by atoms with Gasteiger partial charge in [0.15, 0.2) is 27.4 Å². The van der Waals surface area contributed by atoms with E-state index in [4.69, 9.17) is 9.47 Å². The van der Waals surface area contributed by atoms with Crippen LogP contribution in [-0.2, 0) is 9.84 Å². The van der Waals surface area contributed by atoms with Gasteiger partial charge in [-0.3, -0.25) is 0 Å². The van der Waals surface area contributed by atoms with Crippen molar-refractivity contribution >= 4 is 9.84 Å². The summed E-state index contributed by atoms with van der Waals surface area (Å²) in [6.07, 6.45) is 2.08. The molecule has 0 saturated carbocycles. The van der Waals surface area contributed by atoms with Crippen LogP contribution in [0.1, 0.15) is 12.8 Å². The molecule has 2 unspecified atom stereocenters. The zero-order valence-electron chi connectivity index (χ0n) is 13.7. The predicted molar refractivity (Wildman–Crippen MR) is 89.4 cm³/mol. The Morgan fingerprint density at radius 2 is 2.08 bits per heavy atom. The summed E-state index contributed by atoms with van der Waals surface area (Å²) >= 11 is 0. The minimum Gasteiger partial charge on any atom is -0.486 e. The SMILES string of the molecule is CS(=O)(=O)c1ccc2c(c1)OCC(C(O)CNC1CCNCC1)O2. The highest BCUT2D eigenvalue weighted by molar-refractivity contribution is 7.90. The van der Waals surface area contributed by atoms with Crippen LogP contribution in [0, 0.1) is 0 Å². The van der Waals surface area contributed by atoms with Crippen molar-refractivity contribution in [3.05, 3.63) is 18.2 Å². The summed E-state index contributed by atoms with van der Waals surface area (Å²) in [5.41, 5.74) is 0. The number of hydrogen-bond donors (Lipinski definition) is 3. The number of fused-ring (bicyclic) bond motifs is 1. The minimum absolute atomic E-state index is 0.190. The van der Waals surface area contributed by atoms with E-state index in [9.17, 15) is 13.5 Å². The second-order valence-electron chi connectivity index (χ2n) is 6.35. The third-order valence-corrected chi connectivity index (χ3v) is 5.52. The Labute approximate surface area is 142 Å². The highest BCUT2D eigenvalue weighted by Crippen LogP contribution is 2.34. The van der Waals surface area contributed by atoms with Gasteiger partial charge in [-0.2, -0.15) is 0 Å². The van der Waals surface area contributed by atoms with E-state index in [1.807, 2.05) is 0 Å². The van der Waals surface area contributed by atoms with E-state index < -0.39 is 22.0 Å². The van der Waals surface area contributed by atoms with Gasteiger partial charge in [0.25, 0.3) is 0 Å². The Morgan fingerprint density at radius 3 is 2.79 bits per heavy atom. The number of sulfone groups is 1. The molecule has 24 heavy (non-hydrogen) atoms. The van der Waals surface area contributed by atoms with Crippen LogP contribution >= 0.6 is 0 Å². The van der Waals surface area contributed by atoms with Gasteiger partial charge in [-0.1, -0.05) is 0 Å². The molecule has 1 aromatic rings. The molecular formula is C16H24N2O5S. The maximum atomic E-state index is 11.6. The van der Waals surface area contributed by atoms with Crippen LogP contribution in [0.4, 0.5) is 0 Å². The third kappa shape index (κ3) is 4.18. The van der Waals surface area contributed by atoms with Crippen LogP contribution in [0.15, 0.2) is 23.1 Å². The van der Waals surface area contributed by atoms with E-state index in [-0.39, 0.29) is 11.5 Å². The lowest BCUT2D eigenvalue weighted by molar-refractivity contribution is -0.0106. The fourth-order valence-corrected chi connectivity index (χ4v) is 3.57. The summed E-state index contributed by atoms with van der Waals surface area (Å²) in [6, 6.07) is 4.93. The molecule has 1 saturated heterocycles. The molecule has 134 valence electrons. The lowest BCUT2D eigenvalue weighted by atomic mass is 10.1. The van der Waals surface area contributed by atoms with Crippen molar-refractivity contribution in [2.24, 2.45) is 0 Å². The fraction of sp³-hybridized carbons (Fsp3) is 0.625. The molecule has 2 aliphatic heterocycles. The van der Waals surface area contributed by atoms with Gasteiger partial charge in [-0.25, -0.2) is 8.42 Å². The smallest absolute Gasteiger partial charge is 0.175 e. The quantitative estimate of drug-likeness (QED) is 0.680. The Bertz CT molecular complexity index is 673. The average molecular weight is 356 g/mol. The maximum Gasteiger partial charge on any atom is 0.175 e. The molecule has 7 nitrogen and oxygen atoms in total. The first kappa shape index (κ1) is 17.5. The molecule has 8 heteroatoms. The van der Waals surface area contributed by atoms with Crippen LogP contribution in [0.5, 0.6) is 11.5 Å². The molecule has 1 aromatic carbocycles. The topological polar surface area (TPSA) is 96.9 Å². The molecule has 0 aromatic heterocycles. The van der Waals surface area contributed by atoms with Crippen LogP contribution in [-0.4, -0.2) is 64.3 Å². The summed E-state index contributed by atoms with van der Waals surface area (Å²) < 4.78 is 34.5. The molecule has 2 atom stereocenters. The van der Waals surface area contributed by atoms with Crippen molar-refractivity contribution in [3.8, 4) is 11.5 Å². The van der Waals surface area contributed by atoms with Gasteiger partial charge >= 0.3 is 0 Å². The second-order valence-corrected chi connectivity index (χ2v) is 8.36. The van der Waals surface area contributed by atoms with E-state index in [0.29, 0.717) is 24.1 Å². The van der Waals surface area contributed by atoms with Crippen LogP contribution in [0.3, 0.4) is 0 Å². The zero-order valence-corrected chi connectivity index (χ0v) is 14.5. The molecule has 0 radical (unpaired) electrons. The standard InChI is InChI=1S/C16H24N2O5S/c1-24(20,21)12-2-3-14-15(8-12)22-10-16(23-14)13(19)9-18-11-4-6-17-7-5-11/h2-3,8,11,13,16-19H,4-7,9-10H2,1H3. The van der Waals surface area contributed by atoms with Gasteiger partial charge in [-0.15, -0.1) is 0 Å². The van der Waals surface area contributed by atoms with Crippen molar-refractivity contribution in [1.82, 2.24) is 10.6 Å². The van der Waals surface area contributed by atoms with Crippen LogP contribution in [0.2, 0.25) is 0 Å². The average Bonchev–Trinajstić information content (AvgIpc) is 2.59. The fourth-order valence-electron chi connectivity index (χ4n) is 2.93. The largest absolute Gasteiger partial charge is 0.486 e. The number of ether oxygens (including phenoxy) is 2. The number of benzene rings is 1. The van der Waals surface area contributed by atoms with Gasteiger partial charge in [0, 0.05) is 24.9 Å². The van der Waals surface area contributed by atoms with E-state index >= 15 is 0 Å². The van der Waals surface area contributed by atoms with E-state index in [0.717, 1.165) is 32.2 Å². The molecular weight excluding hydrogens is 332 g/mol. The van der Waals surface area contributed by atoms with Gasteiger partial charge < -0.3 is 25.2 Å². The van der Waals surface area contributed by atoms with Gasteiger partial charge in [-0.05, 0) is 38.1 Å². The monoisotopic (exact) mass is 356 g/mol. The molecule has 0 spiro atoms. The second kappa shape index (κ2) is 7.26. The van der Waals surface area contributed by atoms with Gasteiger partial charge in [0.05, 0.1) is 4.90 Å². The number of nitrogens with one attached hydrogen (secondary N) is 2. The van der Waals surface area contributed by atoms with Crippen molar-refractivity contribution < 1.29 is 23.0 Å². The molecule has 0 bridgehead atoms. The minimum atomic E-state index is -3.29. The van der Waals surface area contributed by atoms with E-state index in [1.165, 1.54) is 12.1 Å². The first-order chi connectivity index (χ1) is 11.4. The predicted octanol–water partition coefficient (Wildman–Crippen LogP) is -0.0676. The van der Waals surface area contributed by atoms with Crippen LogP contribution < -0.4 is 20.1 Å². The van der Waals surface area contributed by atoms with Crippen molar-refractivity contribution in [2.45, 2.75) is 36.0 Å². The van der Waals surface area contributed by atoms with Crippen LogP contribution in [0.25, 0.3) is 0 Å². The molecule has 2 heterocycles. The third-order valence-electron chi connectivity index (χ3n) is 4.41. The van der Waals surface area contributed by atoms with Crippen molar-refractivity contribution in [1.29, 1.82) is 0 Å². The lowest BCUT2D eigenvalue weighted by Gasteiger charge is -2.31. The van der Waals surface area contributed by atoms with Crippen molar-refractivity contribution in [2.75, 3.05) is 32.5 Å². The number of aliphatic hydroxyl groups is 1. The van der Waals surface area contributed by atoms with E-state index in [1.54, 1.807) is 6.07 Å². The lowest BCUT2D eigenvalue weighted by Crippen LogP contribution is -2.48. The summed E-state index contributed by atoms with van der Waals surface area (Å²) in [6.45, 7) is 2.62. The highest BCUT2D eigenvalue weighted by atomic mass is 32.2. The summed E-state index contributed by atoms with van der Waals surface area (Å²) in [5.74, 6) is 0.854. The molecule has 1 fully saturated rings. The maximum absolute atomic E-state index is 11.6. The Kier molecular flexibility index (Phi) is 5.29. The van der Waals surface area contributed by atoms with Crippen molar-refractivity contribution in [3.63, 3.8) is 0 Å². The number of hydrogen-bond acceptors (Lipinski definition) is 7. The number of aliphatic hydroxyl groups excluding tert-OH is 1. The molecule has 3 rings (SSSR count). The normalized spacial score (nSPS) is 23.0. The molecule has 2 aliphatic rings. The zero-order chi connectivity index (χ0) is 17.2. The summed E-state index contributed by atoms with van der Waals surface area (Å²) in [4.78, 5) is 0.191. The molecule has 3 N–H and O–H groups in total. The highest BCUT2D eigenvalue weighted by Gasteiger charge is 2.29. The first-order valence-electron chi connectivity index (χ1n) is 8.19. The first-order valence-corrected chi connectivity index (χ1v) is 10.1. The Balaban J connectivity index is 1.58. The van der Waals surface area contributed by atoms with Gasteiger partial charge in [0.2, 0.25) is 0 Å². The Morgan fingerprint density at radius 1 is 1.33 bits per heavy atom. The summed E-state index contributed by atoms with van der Waals surface area (Å²) in [5, 5.41) is 17.0. The Hall–Kier alpha value is -1.35. The molecule has 0 amide bonds. The number of rotatable bonds is 5. The van der Waals surface area contributed by atoms with Gasteiger partial charge in [0.1, 0.15) is 12.7 Å².